The van der Waals surface area contributed by atoms with E-state index in [1.165, 1.54) is 0 Å². The molecule has 6 nitrogen and oxygen atoms in total. The zero-order chi connectivity index (χ0) is 14.8. The van der Waals surface area contributed by atoms with Crippen LogP contribution in [-0.4, -0.2) is 59.2 Å². The van der Waals surface area contributed by atoms with Crippen molar-refractivity contribution in [2.45, 2.75) is 31.2 Å². The van der Waals surface area contributed by atoms with Crippen LogP contribution in [0.4, 0.5) is 18.0 Å². The molecule has 0 aromatic heterocycles. The summed E-state index contributed by atoms with van der Waals surface area (Å²) >= 11 is 0. The van der Waals surface area contributed by atoms with Crippen LogP contribution in [-0.2, 0) is 9.53 Å². The average Bonchev–Trinajstić information content (AvgIpc) is 2.35. The van der Waals surface area contributed by atoms with E-state index >= 15 is 0 Å². The number of carboxylic acid groups (broad SMARTS) is 1. The highest BCUT2D eigenvalue weighted by Gasteiger charge is 2.49. The number of hydrogen-bond donors (Lipinski definition) is 2. The lowest BCUT2D eigenvalue weighted by Crippen LogP contribution is -2.56. The fraction of sp³-hybridized carbons (Fsp3) is 0.800. The zero-order valence-electron chi connectivity index (χ0n) is 10.1. The molecule has 0 spiro atoms. The van der Waals surface area contributed by atoms with E-state index in [2.05, 4.69) is 4.74 Å². The highest BCUT2D eigenvalue weighted by Crippen LogP contribution is 2.32. The summed E-state index contributed by atoms with van der Waals surface area (Å²) in [5.41, 5.74) is 0. The van der Waals surface area contributed by atoms with Crippen LogP contribution in [0.3, 0.4) is 0 Å². The molecule has 19 heavy (non-hydrogen) atoms. The molecule has 0 bridgehead atoms. The van der Waals surface area contributed by atoms with Crippen LogP contribution in [0.1, 0.15) is 12.8 Å². The number of nitrogens with zero attached hydrogens (tertiary/aromatic N) is 1. The van der Waals surface area contributed by atoms with Gasteiger partial charge in [-0.05, 0) is 12.8 Å². The number of halogens is 3. The number of alkyl halides is 3. The molecule has 1 amide bonds. The summed E-state index contributed by atoms with van der Waals surface area (Å²) in [6, 6.07) is -1.60. The number of methoxy groups -OCH3 is 1. The van der Waals surface area contributed by atoms with Crippen LogP contribution in [0.15, 0.2) is 0 Å². The van der Waals surface area contributed by atoms with Gasteiger partial charge in [-0.2, -0.15) is 13.2 Å². The summed E-state index contributed by atoms with van der Waals surface area (Å²) in [6.07, 6.45) is -9.50. The molecule has 1 saturated heterocycles. The van der Waals surface area contributed by atoms with Crippen molar-refractivity contribution in [3.63, 3.8) is 0 Å². The molecule has 0 aliphatic carbocycles. The lowest BCUT2D eigenvalue weighted by atomic mass is 9.90. The fourth-order valence-corrected chi connectivity index (χ4v) is 2.12. The molecule has 1 fully saturated rings. The Balaban J connectivity index is 2.86. The molecule has 0 saturated carbocycles. The van der Waals surface area contributed by atoms with Crippen LogP contribution >= 0.6 is 0 Å². The molecular weight excluding hydrogens is 271 g/mol. The number of likely N-dealkylation sites (tertiary alicyclic amines) is 1. The highest BCUT2D eigenvalue weighted by atomic mass is 19.4. The first-order valence-corrected chi connectivity index (χ1v) is 5.50. The SMILES string of the molecule is COC(=O)C1CCC([C@@H](O)C(F)(F)F)N(C(=O)O)C1. The maximum absolute atomic E-state index is 12.4. The Kier molecular flexibility index (Phi) is 4.61. The average molecular weight is 285 g/mol. The molecule has 0 aromatic rings. The van der Waals surface area contributed by atoms with Crippen molar-refractivity contribution in [1.82, 2.24) is 4.90 Å². The van der Waals surface area contributed by atoms with Crippen LogP contribution in [0.25, 0.3) is 0 Å². The monoisotopic (exact) mass is 285 g/mol. The van der Waals surface area contributed by atoms with E-state index in [0.29, 0.717) is 4.90 Å². The first kappa shape index (κ1) is 15.5. The summed E-state index contributed by atoms with van der Waals surface area (Å²) in [5.74, 6) is -1.48. The van der Waals surface area contributed by atoms with Crippen LogP contribution in [0.2, 0.25) is 0 Å². The van der Waals surface area contributed by atoms with Crippen LogP contribution in [0.5, 0.6) is 0 Å². The molecule has 1 aliphatic heterocycles. The van der Waals surface area contributed by atoms with Gasteiger partial charge in [0, 0.05) is 6.54 Å². The highest BCUT2D eigenvalue weighted by molar-refractivity contribution is 5.74. The van der Waals surface area contributed by atoms with E-state index < -0.39 is 42.8 Å². The second kappa shape index (κ2) is 5.64. The third kappa shape index (κ3) is 3.49. The van der Waals surface area contributed by atoms with Gasteiger partial charge in [-0.25, -0.2) is 4.79 Å². The zero-order valence-corrected chi connectivity index (χ0v) is 10.1. The van der Waals surface area contributed by atoms with Crippen LogP contribution < -0.4 is 0 Å². The van der Waals surface area contributed by atoms with Crippen molar-refractivity contribution in [3.8, 4) is 0 Å². The Bertz CT molecular complexity index is 360. The number of carbonyl (C=O) groups excluding carboxylic acids is 1. The molecule has 2 unspecified atom stereocenters. The Morgan fingerprint density at radius 3 is 2.37 bits per heavy atom. The van der Waals surface area contributed by atoms with Gasteiger partial charge in [-0.1, -0.05) is 0 Å². The van der Waals surface area contributed by atoms with E-state index in [4.69, 9.17) is 10.2 Å². The second-order valence-electron chi connectivity index (χ2n) is 4.29. The molecular formula is C10H14F3NO5. The first-order valence-electron chi connectivity index (χ1n) is 5.50. The lowest BCUT2D eigenvalue weighted by Gasteiger charge is -2.39. The number of amides is 1. The number of aliphatic hydroxyl groups is 1. The quantitative estimate of drug-likeness (QED) is 0.734. The Hall–Kier alpha value is -1.51. The third-order valence-electron chi connectivity index (χ3n) is 3.11. The van der Waals surface area contributed by atoms with Gasteiger partial charge in [-0.15, -0.1) is 0 Å². The van der Waals surface area contributed by atoms with Crippen molar-refractivity contribution in [2.75, 3.05) is 13.7 Å². The van der Waals surface area contributed by atoms with Gasteiger partial charge in [0.1, 0.15) is 0 Å². The molecule has 1 heterocycles. The fourth-order valence-electron chi connectivity index (χ4n) is 2.12. The summed E-state index contributed by atoms with van der Waals surface area (Å²) in [5, 5.41) is 18.1. The third-order valence-corrected chi connectivity index (χ3v) is 3.11. The lowest BCUT2D eigenvalue weighted by molar-refractivity contribution is -0.223. The number of rotatable bonds is 2. The number of carbonyl (C=O) groups is 2. The summed E-state index contributed by atoms with van der Waals surface area (Å²) < 4.78 is 41.7. The summed E-state index contributed by atoms with van der Waals surface area (Å²) in [4.78, 5) is 22.7. The van der Waals surface area contributed by atoms with Gasteiger partial charge in [0.05, 0.1) is 19.1 Å². The first-order chi connectivity index (χ1) is 8.68. The number of hydrogen-bond acceptors (Lipinski definition) is 4. The normalized spacial score (nSPS) is 25.8. The number of ether oxygens (including phenoxy) is 1. The molecule has 3 atom stereocenters. The second-order valence-corrected chi connectivity index (χ2v) is 4.29. The molecule has 0 radical (unpaired) electrons. The van der Waals surface area contributed by atoms with Gasteiger partial charge in [0.25, 0.3) is 0 Å². The molecule has 9 heteroatoms. The van der Waals surface area contributed by atoms with E-state index in [1.54, 1.807) is 0 Å². The molecule has 110 valence electrons. The van der Waals surface area contributed by atoms with Crippen molar-refractivity contribution in [1.29, 1.82) is 0 Å². The molecule has 0 aromatic carbocycles. The Morgan fingerprint density at radius 2 is 1.95 bits per heavy atom. The predicted octanol–water partition coefficient (Wildman–Crippen LogP) is 0.841. The molecule has 2 N–H and O–H groups in total. The van der Waals surface area contributed by atoms with Crippen molar-refractivity contribution < 1.29 is 37.7 Å². The van der Waals surface area contributed by atoms with Gasteiger partial charge < -0.3 is 19.8 Å². The van der Waals surface area contributed by atoms with Gasteiger partial charge in [0.2, 0.25) is 0 Å². The minimum Gasteiger partial charge on any atom is -0.469 e. The maximum Gasteiger partial charge on any atom is 0.416 e. The Morgan fingerprint density at radius 1 is 1.37 bits per heavy atom. The van der Waals surface area contributed by atoms with Crippen molar-refractivity contribution in [3.05, 3.63) is 0 Å². The predicted molar refractivity (Wildman–Crippen MR) is 55.3 cm³/mol. The van der Waals surface area contributed by atoms with E-state index in [-0.39, 0.29) is 12.8 Å². The molecule has 1 aliphatic rings. The minimum atomic E-state index is -4.91. The largest absolute Gasteiger partial charge is 0.469 e. The Labute approximate surface area is 106 Å². The van der Waals surface area contributed by atoms with E-state index in [1.807, 2.05) is 0 Å². The van der Waals surface area contributed by atoms with Crippen LogP contribution in [0, 0.1) is 5.92 Å². The smallest absolute Gasteiger partial charge is 0.416 e. The van der Waals surface area contributed by atoms with Gasteiger partial charge in [-0.3, -0.25) is 4.79 Å². The standard InChI is InChI=1S/C10H14F3NO5/c1-19-8(16)5-2-3-6(7(15)10(11,12)13)14(4-5)9(17)18/h5-7,15H,2-4H2,1H3,(H,17,18)/t5?,6?,7-/m1/s1. The summed E-state index contributed by atoms with van der Waals surface area (Å²) in [7, 11) is 1.12. The van der Waals surface area contributed by atoms with Crippen molar-refractivity contribution in [2.24, 2.45) is 5.92 Å². The van der Waals surface area contributed by atoms with Gasteiger partial charge in [0.15, 0.2) is 6.10 Å². The maximum atomic E-state index is 12.4. The van der Waals surface area contributed by atoms with E-state index in [9.17, 15) is 22.8 Å². The van der Waals surface area contributed by atoms with Gasteiger partial charge >= 0.3 is 18.2 Å². The molecule has 1 rings (SSSR count). The number of piperidine rings is 1. The minimum absolute atomic E-state index is 0.0360. The number of esters is 1. The number of aliphatic hydroxyl groups excluding tert-OH is 1. The van der Waals surface area contributed by atoms with Crippen molar-refractivity contribution >= 4 is 12.1 Å². The summed E-state index contributed by atoms with van der Waals surface area (Å²) in [6.45, 7) is -0.417. The topological polar surface area (TPSA) is 87.1 Å². The van der Waals surface area contributed by atoms with E-state index in [0.717, 1.165) is 7.11 Å².